The summed E-state index contributed by atoms with van der Waals surface area (Å²) in [4.78, 5) is 16.0. The fourth-order valence-corrected chi connectivity index (χ4v) is 3.70. The first-order chi connectivity index (χ1) is 10.0. The van der Waals surface area contributed by atoms with Gasteiger partial charge in [0.1, 0.15) is 4.88 Å². The Hall–Kier alpha value is -1.21. The Morgan fingerprint density at radius 3 is 2.71 bits per heavy atom. The number of thiazole rings is 1. The van der Waals surface area contributed by atoms with Crippen LogP contribution in [0, 0.1) is 0 Å². The normalized spacial score (nSPS) is 11.9. The highest BCUT2D eigenvalue weighted by Crippen LogP contribution is 2.19. The maximum Gasteiger partial charge on any atom is 0.263 e. The van der Waals surface area contributed by atoms with Crippen LogP contribution in [0.5, 0.6) is 0 Å². The number of hydrogen-bond acceptors (Lipinski definition) is 5. The zero-order valence-corrected chi connectivity index (χ0v) is 14.1. The van der Waals surface area contributed by atoms with E-state index in [9.17, 15) is 13.2 Å². The van der Waals surface area contributed by atoms with Crippen LogP contribution in [0.1, 0.15) is 49.2 Å². The standard InChI is InChI=1S/C14H22N2O3S2/c1-3-5-6-7-8-9-10-15-13(17)12-11-16-14(20-12)21(18,19)4-2/h7-8,11H,3-6,9-10H2,1-2H3,(H,15,17)/b8-7+. The van der Waals surface area contributed by atoms with Crippen LogP contribution in [0.2, 0.25) is 0 Å². The third-order valence-corrected chi connectivity index (χ3v) is 6.04. The van der Waals surface area contributed by atoms with Gasteiger partial charge in [-0.15, -0.1) is 0 Å². The molecule has 0 fully saturated rings. The summed E-state index contributed by atoms with van der Waals surface area (Å²) in [5, 5.41) is 2.76. The van der Waals surface area contributed by atoms with Gasteiger partial charge in [0.25, 0.3) is 5.91 Å². The predicted octanol–water partition coefficient (Wildman–Crippen LogP) is 2.80. The van der Waals surface area contributed by atoms with Gasteiger partial charge in [-0.1, -0.05) is 50.2 Å². The largest absolute Gasteiger partial charge is 0.351 e. The van der Waals surface area contributed by atoms with Gasteiger partial charge in [-0.05, 0) is 12.8 Å². The van der Waals surface area contributed by atoms with Gasteiger partial charge in [-0.25, -0.2) is 13.4 Å². The molecule has 1 aromatic rings. The summed E-state index contributed by atoms with van der Waals surface area (Å²) < 4.78 is 23.3. The number of nitrogens with zero attached hydrogens (tertiary/aromatic N) is 1. The second kappa shape index (κ2) is 8.94. The van der Waals surface area contributed by atoms with E-state index in [2.05, 4.69) is 29.4 Å². The zero-order chi connectivity index (χ0) is 15.7. The maximum atomic E-state index is 11.8. The fraction of sp³-hybridized carbons (Fsp3) is 0.571. The van der Waals surface area contributed by atoms with E-state index in [1.54, 1.807) is 6.92 Å². The van der Waals surface area contributed by atoms with Crippen molar-refractivity contribution in [3.05, 3.63) is 23.2 Å². The molecule has 0 unspecified atom stereocenters. The van der Waals surface area contributed by atoms with Gasteiger partial charge in [0, 0.05) is 6.54 Å². The molecule has 1 rings (SSSR count). The molecule has 1 N–H and O–H groups in total. The first-order valence-electron chi connectivity index (χ1n) is 7.13. The number of carbonyl (C=O) groups excluding carboxylic acids is 1. The molecule has 1 amide bonds. The molecule has 21 heavy (non-hydrogen) atoms. The Kier molecular flexibility index (Phi) is 7.60. The molecule has 1 heterocycles. The van der Waals surface area contributed by atoms with Crippen LogP contribution >= 0.6 is 11.3 Å². The Morgan fingerprint density at radius 2 is 2.05 bits per heavy atom. The lowest BCUT2D eigenvalue weighted by Gasteiger charge is -2.00. The zero-order valence-electron chi connectivity index (χ0n) is 12.5. The topological polar surface area (TPSA) is 76.1 Å². The second-order valence-corrected chi connectivity index (χ2v) is 8.03. The van der Waals surface area contributed by atoms with E-state index in [-0.39, 0.29) is 16.0 Å². The molecule has 0 spiro atoms. The summed E-state index contributed by atoms with van der Waals surface area (Å²) in [6.45, 7) is 4.24. The highest BCUT2D eigenvalue weighted by Gasteiger charge is 2.18. The minimum absolute atomic E-state index is 0.00890. The number of amides is 1. The lowest BCUT2D eigenvalue weighted by atomic mass is 10.2. The number of nitrogens with one attached hydrogen (secondary N) is 1. The molecule has 0 aliphatic carbocycles. The fourth-order valence-electron chi connectivity index (χ4n) is 1.54. The molecule has 1 aromatic heterocycles. The van der Waals surface area contributed by atoms with Gasteiger partial charge in [-0.2, -0.15) is 0 Å². The quantitative estimate of drug-likeness (QED) is 0.558. The molecule has 0 atom stereocenters. The third-order valence-electron chi connectivity index (χ3n) is 2.84. The van der Waals surface area contributed by atoms with Crippen molar-refractivity contribution in [3.8, 4) is 0 Å². The molecule has 118 valence electrons. The van der Waals surface area contributed by atoms with Crippen molar-refractivity contribution in [2.75, 3.05) is 12.3 Å². The van der Waals surface area contributed by atoms with E-state index in [1.165, 1.54) is 19.0 Å². The highest BCUT2D eigenvalue weighted by molar-refractivity contribution is 7.93. The van der Waals surface area contributed by atoms with Crippen LogP contribution in [0.15, 0.2) is 22.7 Å². The summed E-state index contributed by atoms with van der Waals surface area (Å²) in [6.07, 6.45) is 9.68. The molecule has 0 aromatic carbocycles. The van der Waals surface area contributed by atoms with Gasteiger partial charge in [0.15, 0.2) is 0 Å². The van der Waals surface area contributed by atoms with E-state index >= 15 is 0 Å². The van der Waals surface area contributed by atoms with Gasteiger partial charge < -0.3 is 5.32 Å². The molecule has 0 aliphatic rings. The van der Waals surface area contributed by atoms with Crippen LogP contribution in [0.3, 0.4) is 0 Å². The van der Waals surface area contributed by atoms with Crippen LogP contribution < -0.4 is 5.32 Å². The van der Waals surface area contributed by atoms with Gasteiger partial charge >= 0.3 is 0 Å². The number of sulfone groups is 1. The molecule has 0 saturated carbocycles. The van der Waals surface area contributed by atoms with Crippen LogP contribution in [-0.2, 0) is 9.84 Å². The van der Waals surface area contributed by atoms with E-state index in [0.29, 0.717) is 11.4 Å². The first-order valence-corrected chi connectivity index (χ1v) is 9.60. The van der Waals surface area contributed by atoms with Crippen LogP contribution in [0.25, 0.3) is 0 Å². The van der Waals surface area contributed by atoms with E-state index in [1.807, 2.05) is 0 Å². The van der Waals surface area contributed by atoms with E-state index in [4.69, 9.17) is 0 Å². The molecule has 5 nitrogen and oxygen atoms in total. The van der Waals surface area contributed by atoms with Crippen LogP contribution in [-0.4, -0.2) is 31.6 Å². The minimum Gasteiger partial charge on any atom is -0.351 e. The van der Waals surface area contributed by atoms with Crippen molar-refractivity contribution >= 4 is 27.1 Å². The second-order valence-electron chi connectivity index (χ2n) is 4.55. The summed E-state index contributed by atoms with van der Waals surface area (Å²) >= 11 is 0.918. The highest BCUT2D eigenvalue weighted by atomic mass is 32.2. The Labute approximate surface area is 130 Å². The van der Waals surface area contributed by atoms with Crippen molar-refractivity contribution in [2.45, 2.75) is 43.9 Å². The smallest absolute Gasteiger partial charge is 0.263 e. The average molecular weight is 330 g/mol. The van der Waals surface area contributed by atoms with Crippen molar-refractivity contribution < 1.29 is 13.2 Å². The number of carbonyl (C=O) groups is 1. The lowest BCUT2D eigenvalue weighted by molar-refractivity contribution is 0.0958. The van der Waals surface area contributed by atoms with Crippen molar-refractivity contribution in [1.29, 1.82) is 0 Å². The molecule has 0 aliphatic heterocycles. The number of unbranched alkanes of at least 4 members (excludes halogenated alkanes) is 2. The molecule has 0 saturated heterocycles. The van der Waals surface area contributed by atoms with Crippen molar-refractivity contribution in [2.24, 2.45) is 0 Å². The Bertz CT molecular complexity index is 577. The van der Waals surface area contributed by atoms with Crippen LogP contribution in [0.4, 0.5) is 0 Å². The van der Waals surface area contributed by atoms with Gasteiger partial charge in [-0.3, -0.25) is 4.79 Å². The minimum atomic E-state index is -3.33. The number of hydrogen-bond donors (Lipinski definition) is 1. The first kappa shape index (κ1) is 17.8. The molecular formula is C14H22N2O3S2. The summed E-state index contributed by atoms with van der Waals surface area (Å²) in [5.41, 5.74) is 0. The average Bonchev–Trinajstić information content (AvgIpc) is 2.97. The van der Waals surface area contributed by atoms with Gasteiger partial charge in [0.2, 0.25) is 14.2 Å². The Balaban J connectivity index is 2.41. The lowest BCUT2D eigenvalue weighted by Crippen LogP contribution is -2.23. The van der Waals surface area contributed by atoms with Crippen molar-refractivity contribution in [1.82, 2.24) is 10.3 Å². The summed E-state index contributed by atoms with van der Waals surface area (Å²) in [7, 11) is -3.33. The summed E-state index contributed by atoms with van der Waals surface area (Å²) in [6, 6.07) is 0. The van der Waals surface area contributed by atoms with Gasteiger partial charge in [0.05, 0.1) is 11.9 Å². The Morgan fingerprint density at radius 1 is 1.33 bits per heavy atom. The predicted molar refractivity (Wildman–Crippen MR) is 85.5 cm³/mol. The number of allylic oxidation sites excluding steroid dienone is 1. The van der Waals surface area contributed by atoms with E-state index in [0.717, 1.165) is 24.2 Å². The van der Waals surface area contributed by atoms with E-state index < -0.39 is 9.84 Å². The number of rotatable bonds is 9. The maximum absolute atomic E-state index is 11.8. The molecule has 0 radical (unpaired) electrons. The third kappa shape index (κ3) is 5.97. The summed E-state index contributed by atoms with van der Waals surface area (Å²) in [5.74, 6) is -0.281. The molecule has 7 heteroatoms. The SMILES string of the molecule is CCCC/C=C/CCNC(=O)c1cnc(S(=O)(=O)CC)s1. The molecular weight excluding hydrogens is 308 g/mol. The number of aromatic nitrogens is 1. The molecule has 0 bridgehead atoms. The van der Waals surface area contributed by atoms with Crippen molar-refractivity contribution in [3.63, 3.8) is 0 Å². The monoisotopic (exact) mass is 330 g/mol.